The Labute approximate surface area is 150 Å². The summed E-state index contributed by atoms with van der Waals surface area (Å²) in [5, 5.41) is 2.75. The fourth-order valence-corrected chi connectivity index (χ4v) is 3.76. The van der Waals surface area contributed by atoms with Gasteiger partial charge in [0.2, 0.25) is 15.9 Å². The highest BCUT2D eigenvalue weighted by molar-refractivity contribution is 7.88. The van der Waals surface area contributed by atoms with Crippen LogP contribution in [0.4, 0.5) is 0 Å². The lowest BCUT2D eigenvalue weighted by Gasteiger charge is -2.10. The number of nitrogens with one attached hydrogen (secondary N) is 2. The van der Waals surface area contributed by atoms with Gasteiger partial charge < -0.3 is 5.32 Å². The second-order valence-corrected chi connectivity index (χ2v) is 8.60. The number of carbonyl (C=O) groups excluding carboxylic acids is 1. The standard InChI is InChI=1S/C16H17ClN2O3S2/c1-18-24(21,22)11-13-5-3-2-4-12(13)10-19-16(20)9-7-14-6-8-15(17)23-14/h2-9,18H,10-11H2,1H3,(H,19,20)/b9-7+. The highest BCUT2D eigenvalue weighted by Gasteiger charge is 2.12. The van der Waals surface area contributed by atoms with Gasteiger partial charge in [-0.3, -0.25) is 4.79 Å². The Morgan fingerprint density at radius 2 is 1.92 bits per heavy atom. The van der Waals surface area contributed by atoms with Gasteiger partial charge in [0.1, 0.15) is 0 Å². The van der Waals surface area contributed by atoms with Gasteiger partial charge in [-0.25, -0.2) is 13.1 Å². The molecule has 1 heterocycles. The molecule has 0 radical (unpaired) electrons. The van der Waals surface area contributed by atoms with Crippen molar-refractivity contribution in [3.05, 3.63) is 62.8 Å². The summed E-state index contributed by atoms with van der Waals surface area (Å²) < 4.78 is 26.4. The van der Waals surface area contributed by atoms with Crippen molar-refractivity contribution >= 4 is 44.9 Å². The van der Waals surface area contributed by atoms with Crippen molar-refractivity contribution in [2.45, 2.75) is 12.3 Å². The van der Waals surface area contributed by atoms with E-state index in [1.807, 2.05) is 6.07 Å². The van der Waals surface area contributed by atoms with E-state index in [4.69, 9.17) is 11.6 Å². The van der Waals surface area contributed by atoms with Crippen LogP contribution in [0, 0.1) is 0 Å². The SMILES string of the molecule is CNS(=O)(=O)Cc1ccccc1CNC(=O)/C=C/c1ccc(Cl)s1. The molecule has 0 fully saturated rings. The quantitative estimate of drug-likeness (QED) is 0.721. The predicted octanol–water partition coefficient (Wildman–Crippen LogP) is 2.78. The molecule has 2 rings (SSSR count). The minimum absolute atomic E-state index is 0.126. The topological polar surface area (TPSA) is 75.3 Å². The second kappa shape index (κ2) is 8.43. The first-order valence-corrected chi connectivity index (χ1v) is 9.93. The van der Waals surface area contributed by atoms with Crippen LogP contribution in [0.3, 0.4) is 0 Å². The molecular formula is C16H17ClN2O3S2. The van der Waals surface area contributed by atoms with Crippen LogP contribution in [-0.2, 0) is 27.1 Å². The highest BCUT2D eigenvalue weighted by atomic mass is 35.5. The zero-order chi connectivity index (χ0) is 17.6. The third-order valence-electron chi connectivity index (χ3n) is 3.22. The Morgan fingerprint density at radius 1 is 1.21 bits per heavy atom. The monoisotopic (exact) mass is 384 g/mol. The highest BCUT2D eigenvalue weighted by Crippen LogP contribution is 2.22. The van der Waals surface area contributed by atoms with E-state index < -0.39 is 10.0 Å². The summed E-state index contributed by atoms with van der Waals surface area (Å²) in [5.41, 5.74) is 1.42. The average molecular weight is 385 g/mol. The molecule has 1 aromatic heterocycles. The molecule has 128 valence electrons. The average Bonchev–Trinajstić information content (AvgIpc) is 2.97. The molecule has 1 amide bonds. The maximum atomic E-state index is 11.9. The van der Waals surface area contributed by atoms with Gasteiger partial charge in [-0.1, -0.05) is 35.9 Å². The van der Waals surface area contributed by atoms with E-state index in [0.717, 1.165) is 10.4 Å². The van der Waals surface area contributed by atoms with Crippen LogP contribution in [0.15, 0.2) is 42.5 Å². The van der Waals surface area contributed by atoms with E-state index in [-0.39, 0.29) is 18.2 Å². The van der Waals surface area contributed by atoms with Gasteiger partial charge in [0.25, 0.3) is 0 Å². The largest absolute Gasteiger partial charge is 0.348 e. The minimum Gasteiger partial charge on any atom is -0.348 e. The first-order chi connectivity index (χ1) is 11.4. The lowest BCUT2D eigenvalue weighted by Crippen LogP contribution is -2.23. The van der Waals surface area contributed by atoms with E-state index in [2.05, 4.69) is 10.0 Å². The first kappa shape index (κ1) is 18.7. The molecule has 0 unspecified atom stereocenters. The number of rotatable bonds is 7. The summed E-state index contributed by atoms with van der Waals surface area (Å²) >= 11 is 7.21. The van der Waals surface area contributed by atoms with Crippen LogP contribution in [0.2, 0.25) is 4.34 Å². The molecule has 2 aromatic rings. The van der Waals surface area contributed by atoms with Gasteiger partial charge in [0.05, 0.1) is 10.1 Å². The van der Waals surface area contributed by atoms with Crippen molar-refractivity contribution in [1.82, 2.24) is 10.0 Å². The summed E-state index contributed by atoms with van der Waals surface area (Å²) in [4.78, 5) is 12.8. The van der Waals surface area contributed by atoms with Gasteiger partial charge in [0.15, 0.2) is 0 Å². The van der Waals surface area contributed by atoms with Crippen molar-refractivity contribution in [3.8, 4) is 0 Å². The number of carbonyl (C=O) groups is 1. The van der Waals surface area contributed by atoms with Crippen molar-refractivity contribution in [3.63, 3.8) is 0 Å². The number of sulfonamides is 1. The predicted molar refractivity (Wildman–Crippen MR) is 98.3 cm³/mol. The molecule has 8 heteroatoms. The lowest BCUT2D eigenvalue weighted by molar-refractivity contribution is -0.116. The van der Waals surface area contributed by atoms with E-state index >= 15 is 0 Å². The zero-order valence-corrected chi connectivity index (χ0v) is 15.3. The summed E-state index contributed by atoms with van der Waals surface area (Å²) in [6.45, 7) is 0.254. The van der Waals surface area contributed by atoms with Crippen molar-refractivity contribution in [2.24, 2.45) is 0 Å². The zero-order valence-electron chi connectivity index (χ0n) is 13.0. The van der Waals surface area contributed by atoms with Crippen molar-refractivity contribution in [2.75, 3.05) is 7.05 Å². The molecule has 0 aliphatic heterocycles. The number of benzene rings is 1. The van der Waals surface area contributed by atoms with Gasteiger partial charge in [-0.15, -0.1) is 11.3 Å². The summed E-state index contributed by atoms with van der Waals surface area (Å²) in [6.07, 6.45) is 3.11. The molecular weight excluding hydrogens is 368 g/mol. The Balaban J connectivity index is 1.99. The number of thiophene rings is 1. The fraction of sp³-hybridized carbons (Fsp3) is 0.188. The molecule has 0 spiro atoms. The third kappa shape index (κ3) is 5.76. The summed E-state index contributed by atoms with van der Waals surface area (Å²) in [5.74, 6) is -0.384. The number of halogens is 1. The van der Waals surface area contributed by atoms with Crippen LogP contribution in [0.1, 0.15) is 16.0 Å². The molecule has 1 aromatic carbocycles. The molecule has 2 N–H and O–H groups in total. The Morgan fingerprint density at radius 3 is 2.54 bits per heavy atom. The maximum Gasteiger partial charge on any atom is 0.244 e. The molecule has 24 heavy (non-hydrogen) atoms. The van der Waals surface area contributed by atoms with Crippen molar-refractivity contribution < 1.29 is 13.2 Å². The van der Waals surface area contributed by atoms with E-state index in [0.29, 0.717) is 9.90 Å². The van der Waals surface area contributed by atoms with E-state index in [1.165, 1.54) is 24.5 Å². The van der Waals surface area contributed by atoms with E-state index in [1.54, 1.807) is 36.4 Å². The Kier molecular flexibility index (Phi) is 6.56. The smallest absolute Gasteiger partial charge is 0.244 e. The minimum atomic E-state index is -3.37. The molecule has 0 aliphatic carbocycles. The Hall–Kier alpha value is -1.67. The lowest BCUT2D eigenvalue weighted by atomic mass is 10.1. The third-order valence-corrected chi connectivity index (χ3v) is 5.73. The van der Waals surface area contributed by atoms with Crippen LogP contribution >= 0.6 is 22.9 Å². The molecule has 0 aliphatic rings. The number of hydrogen-bond acceptors (Lipinski definition) is 4. The fourth-order valence-electron chi connectivity index (χ4n) is 1.96. The van der Waals surface area contributed by atoms with Gasteiger partial charge in [-0.05, 0) is 36.4 Å². The molecule has 0 saturated carbocycles. The van der Waals surface area contributed by atoms with Gasteiger partial charge in [0, 0.05) is 17.5 Å². The Bertz CT molecular complexity index is 845. The van der Waals surface area contributed by atoms with Crippen LogP contribution < -0.4 is 10.0 Å². The molecule has 0 atom stereocenters. The second-order valence-electron chi connectivity index (χ2n) is 4.92. The summed E-state index contributed by atoms with van der Waals surface area (Å²) in [6, 6.07) is 10.7. The number of amides is 1. The van der Waals surface area contributed by atoms with Gasteiger partial charge in [-0.2, -0.15) is 0 Å². The van der Waals surface area contributed by atoms with Crippen LogP contribution in [0.25, 0.3) is 6.08 Å². The van der Waals surface area contributed by atoms with Crippen LogP contribution in [-0.4, -0.2) is 21.4 Å². The summed E-state index contributed by atoms with van der Waals surface area (Å²) in [7, 11) is -1.99. The van der Waals surface area contributed by atoms with E-state index in [9.17, 15) is 13.2 Å². The normalized spacial score (nSPS) is 11.8. The first-order valence-electron chi connectivity index (χ1n) is 7.09. The molecule has 0 saturated heterocycles. The van der Waals surface area contributed by atoms with Crippen LogP contribution in [0.5, 0.6) is 0 Å². The molecule has 5 nitrogen and oxygen atoms in total. The maximum absolute atomic E-state index is 11.9. The molecule has 0 bridgehead atoms. The van der Waals surface area contributed by atoms with Gasteiger partial charge >= 0.3 is 0 Å². The number of hydrogen-bond donors (Lipinski definition) is 2. The van der Waals surface area contributed by atoms with Crippen molar-refractivity contribution in [1.29, 1.82) is 0 Å².